The predicted molar refractivity (Wildman–Crippen MR) is 47.6 cm³/mol. The van der Waals surface area contributed by atoms with Gasteiger partial charge in [0.25, 0.3) is 0 Å². The van der Waals surface area contributed by atoms with E-state index in [1.807, 2.05) is 6.92 Å². The second-order valence-corrected chi connectivity index (χ2v) is 4.27. The Balaban J connectivity index is 2.03. The normalized spacial score (nSPS) is 42.3. The van der Waals surface area contributed by atoms with Gasteiger partial charge in [0.1, 0.15) is 12.0 Å². The molecule has 2 aliphatic carbocycles. The SMILES string of the molecule is CCOC(=O)[C@H]1[C@H]2CC[C@@H](C2)[C@@H]1[NH3+]. The van der Waals surface area contributed by atoms with Crippen molar-refractivity contribution >= 4 is 5.97 Å². The van der Waals surface area contributed by atoms with Crippen LogP contribution in [0.4, 0.5) is 0 Å². The smallest absolute Gasteiger partial charge is 0.315 e. The van der Waals surface area contributed by atoms with Crippen LogP contribution in [0.1, 0.15) is 26.2 Å². The van der Waals surface area contributed by atoms with Crippen LogP contribution in [0, 0.1) is 17.8 Å². The first-order valence-corrected chi connectivity index (χ1v) is 5.23. The molecule has 2 rings (SSSR count). The highest BCUT2D eigenvalue weighted by molar-refractivity contribution is 5.74. The summed E-state index contributed by atoms with van der Waals surface area (Å²) in [6.45, 7) is 2.36. The highest BCUT2D eigenvalue weighted by Crippen LogP contribution is 2.47. The summed E-state index contributed by atoms with van der Waals surface area (Å²) >= 11 is 0. The van der Waals surface area contributed by atoms with Crippen molar-refractivity contribution in [1.82, 2.24) is 0 Å². The first-order valence-electron chi connectivity index (χ1n) is 5.23. The lowest BCUT2D eigenvalue weighted by Crippen LogP contribution is -2.68. The molecule has 0 radical (unpaired) electrons. The van der Waals surface area contributed by atoms with Crippen LogP contribution in [0.2, 0.25) is 0 Å². The summed E-state index contributed by atoms with van der Waals surface area (Å²) in [6.07, 6.45) is 3.69. The predicted octanol–water partition coefficient (Wildman–Crippen LogP) is 0.206. The van der Waals surface area contributed by atoms with Crippen molar-refractivity contribution in [3.63, 3.8) is 0 Å². The molecular weight excluding hydrogens is 166 g/mol. The van der Waals surface area contributed by atoms with E-state index in [1.54, 1.807) is 0 Å². The van der Waals surface area contributed by atoms with Crippen molar-refractivity contribution in [3.8, 4) is 0 Å². The second-order valence-electron chi connectivity index (χ2n) is 4.27. The van der Waals surface area contributed by atoms with Gasteiger partial charge < -0.3 is 10.5 Å². The maximum absolute atomic E-state index is 11.6. The Morgan fingerprint density at radius 1 is 1.46 bits per heavy atom. The van der Waals surface area contributed by atoms with E-state index in [1.165, 1.54) is 19.3 Å². The lowest BCUT2D eigenvalue weighted by molar-refractivity contribution is -0.440. The largest absolute Gasteiger partial charge is 0.466 e. The Bertz CT molecular complexity index is 215. The summed E-state index contributed by atoms with van der Waals surface area (Å²) in [4.78, 5) is 11.6. The van der Waals surface area contributed by atoms with Gasteiger partial charge in [-0.3, -0.25) is 4.79 Å². The van der Waals surface area contributed by atoms with Gasteiger partial charge in [-0.25, -0.2) is 0 Å². The van der Waals surface area contributed by atoms with E-state index >= 15 is 0 Å². The van der Waals surface area contributed by atoms with Gasteiger partial charge in [-0.2, -0.15) is 0 Å². The molecule has 0 aromatic rings. The van der Waals surface area contributed by atoms with Crippen LogP contribution in [0.15, 0.2) is 0 Å². The minimum Gasteiger partial charge on any atom is -0.466 e. The number of fused-ring (bicyclic) bond motifs is 2. The monoisotopic (exact) mass is 184 g/mol. The van der Waals surface area contributed by atoms with Crippen LogP contribution in [0.25, 0.3) is 0 Å². The summed E-state index contributed by atoms with van der Waals surface area (Å²) in [5.41, 5.74) is 4.10. The minimum absolute atomic E-state index is 0.00491. The van der Waals surface area contributed by atoms with Gasteiger partial charge in [0.05, 0.1) is 6.61 Å². The molecule has 13 heavy (non-hydrogen) atoms. The number of carbonyl (C=O) groups excluding carboxylic acids is 1. The number of ether oxygens (including phenoxy) is 1. The van der Waals surface area contributed by atoms with E-state index in [9.17, 15) is 4.79 Å². The number of esters is 1. The highest BCUT2D eigenvalue weighted by Gasteiger charge is 2.52. The molecule has 0 spiro atoms. The summed E-state index contributed by atoms with van der Waals surface area (Å²) in [7, 11) is 0. The molecule has 2 bridgehead atoms. The second kappa shape index (κ2) is 3.29. The lowest BCUT2D eigenvalue weighted by Gasteiger charge is -2.23. The molecule has 2 saturated carbocycles. The summed E-state index contributed by atoms with van der Waals surface area (Å²) < 4.78 is 5.07. The van der Waals surface area contributed by atoms with E-state index in [0.717, 1.165) is 0 Å². The number of quaternary nitrogens is 1. The molecule has 3 N–H and O–H groups in total. The third-order valence-corrected chi connectivity index (χ3v) is 3.65. The van der Waals surface area contributed by atoms with Gasteiger partial charge in [0, 0.05) is 5.92 Å². The molecule has 0 aromatic carbocycles. The fourth-order valence-corrected chi connectivity index (χ4v) is 3.02. The Kier molecular flexibility index (Phi) is 2.28. The van der Waals surface area contributed by atoms with E-state index in [-0.39, 0.29) is 11.9 Å². The van der Waals surface area contributed by atoms with Crippen molar-refractivity contribution in [2.45, 2.75) is 32.2 Å². The van der Waals surface area contributed by atoms with Crippen LogP contribution < -0.4 is 5.73 Å². The third kappa shape index (κ3) is 1.35. The quantitative estimate of drug-likeness (QED) is 0.623. The lowest BCUT2D eigenvalue weighted by atomic mass is 9.85. The molecule has 2 aliphatic rings. The Labute approximate surface area is 78.6 Å². The molecule has 0 aliphatic heterocycles. The van der Waals surface area contributed by atoms with Crippen molar-refractivity contribution in [2.75, 3.05) is 6.61 Å². The standard InChI is InChI=1S/C10H17NO2/c1-2-13-10(12)8-6-3-4-7(5-6)9(8)11/h6-9H,2-5,11H2,1H3/p+1/t6-,7-,8-,9-/m0/s1. The molecule has 0 saturated heterocycles. The zero-order valence-electron chi connectivity index (χ0n) is 8.16. The molecule has 2 fully saturated rings. The third-order valence-electron chi connectivity index (χ3n) is 3.65. The highest BCUT2D eigenvalue weighted by atomic mass is 16.5. The number of hydrogen-bond donors (Lipinski definition) is 1. The number of hydrogen-bond acceptors (Lipinski definition) is 2. The molecule has 3 heteroatoms. The van der Waals surface area contributed by atoms with Gasteiger partial charge in [0.15, 0.2) is 0 Å². The van der Waals surface area contributed by atoms with E-state index < -0.39 is 0 Å². The summed E-state index contributed by atoms with van der Waals surface area (Å²) in [6, 6.07) is 0.317. The van der Waals surface area contributed by atoms with Gasteiger partial charge in [-0.15, -0.1) is 0 Å². The molecule has 0 unspecified atom stereocenters. The number of rotatable bonds is 2. The van der Waals surface area contributed by atoms with Gasteiger partial charge in [-0.05, 0) is 32.1 Å². The van der Waals surface area contributed by atoms with Gasteiger partial charge in [0.2, 0.25) is 0 Å². The van der Waals surface area contributed by atoms with Gasteiger partial charge in [-0.1, -0.05) is 0 Å². The van der Waals surface area contributed by atoms with Crippen LogP contribution in [-0.4, -0.2) is 18.6 Å². The first-order chi connectivity index (χ1) is 6.24. The van der Waals surface area contributed by atoms with E-state index in [2.05, 4.69) is 5.73 Å². The first kappa shape index (κ1) is 9.00. The molecule has 4 atom stereocenters. The van der Waals surface area contributed by atoms with Crippen molar-refractivity contribution in [2.24, 2.45) is 17.8 Å². The Morgan fingerprint density at radius 2 is 2.15 bits per heavy atom. The van der Waals surface area contributed by atoms with Crippen molar-refractivity contribution < 1.29 is 15.3 Å². The fraction of sp³-hybridized carbons (Fsp3) is 0.900. The molecule has 0 amide bonds. The fourth-order valence-electron chi connectivity index (χ4n) is 3.02. The van der Waals surface area contributed by atoms with E-state index in [4.69, 9.17) is 4.74 Å². The average molecular weight is 184 g/mol. The zero-order chi connectivity index (χ0) is 9.42. The summed E-state index contributed by atoms with van der Waals surface area (Å²) in [5.74, 6) is 1.37. The minimum atomic E-state index is -0.00491. The van der Waals surface area contributed by atoms with Crippen LogP contribution in [-0.2, 0) is 9.53 Å². The number of carbonyl (C=O) groups is 1. The maximum Gasteiger partial charge on any atom is 0.315 e. The Morgan fingerprint density at radius 3 is 2.69 bits per heavy atom. The molecular formula is C10H18NO2+. The molecule has 0 aromatic heterocycles. The van der Waals surface area contributed by atoms with Crippen LogP contribution >= 0.6 is 0 Å². The topological polar surface area (TPSA) is 53.9 Å². The molecule has 3 nitrogen and oxygen atoms in total. The van der Waals surface area contributed by atoms with Crippen molar-refractivity contribution in [1.29, 1.82) is 0 Å². The summed E-state index contributed by atoms with van der Waals surface area (Å²) in [5, 5.41) is 0. The molecule has 74 valence electrons. The zero-order valence-corrected chi connectivity index (χ0v) is 8.16. The Hall–Kier alpha value is -0.570. The van der Waals surface area contributed by atoms with Gasteiger partial charge >= 0.3 is 5.97 Å². The van der Waals surface area contributed by atoms with Crippen LogP contribution in [0.3, 0.4) is 0 Å². The maximum atomic E-state index is 11.6. The van der Waals surface area contributed by atoms with Crippen LogP contribution in [0.5, 0.6) is 0 Å². The van der Waals surface area contributed by atoms with Crippen molar-refractivity contribution in [3.05, 3.63) is 0 Å². The average Bonchev–Trinajstić information content (AvgIpc) is 2.63. The van der Waals surface area contributed by atoms with E-state index in [0.29, 0.717) is 24.5 Å². The molecule has 0 heterocycles.